The molecule has 0 saturated carbocycles. The Labute approximate surface area is 158 Å². The zero-order valence-electron chi connectivity index (χ0n) is 14.3. The van der Waals surface area contributed by atoms with Crippen LogP contribution >= 0.6 is 15.9 Å². The summed E-state index contributed by atoms with van der Waals surface area (Å²) in [6, 6.07) is 13.8. The Morgan fingerprint density at radius 2 is 1.81 bits per heavy atom. The van der Waals surface area contributed by atoms with Crippen LogP contribution in [0.5, 0.6) is 0 Å². The van der Waals surface area contributed by atoms with E-state index in [-0.39, 0.29) is 11.1 Å². The number of benzene rings is 2. The first-order valence-corrected chi connectivity index (χ1v) is 8.95. The first kappa shape index (κ1) is 16.7. The lowest BCUT2D eigenvalue weighted by atomic mass is 10.1. The largest absolute Gasteiger partial charge is 0.293 e. The molecule has 0 aliphatic carbocycles. The van der Waals surface area contributed by atoms with Crippen molar-refractivity contribution < 1.29 is 0 Å². The molecule has 0 saturated heterocycles. The molecule has 0 aliphatic heterocycles. The summed E-state index contributed by atoms with van der Waals surface area (Å²) in [6.45, 7) is 4.53. The smallest absolute Gasteiger partial charge is 0.283 e. The highest BCUT2D eigenvalue weighted by atomic mass is 79.9. The Balaban J connectivity index is 1.76. The van der Waals surface area contributed by atoms with Gasteiger partial charge in [0.15, 0.2) is 11.2 Å². The minimum Gasteiger partial charge on any atom is -0.293 e. The zero-order valence-corrected chi connectivity index (χ0v) is 15.9. The van der Waals surface area contributed by atoms with Crippen LogP contribution in [0.25, 0.3) is 16.9 Å². The summed E-state index contributed by atoms with van der Waals surface area (Å²) in [5, 5.41) is 8.21. The number of hydrogen-bond donors (Lipinski definition) is 0. The van der Waals surface area contributed by atoms with Crippen LogP contribution in [-0.2, 0) is 6.54 Å². The molecule has 0 radical (unpaired) electrons. The van der Waals surface area contributed by atoms with Crippen LogP contribution < -0.4 is 5.56 Å². The molecular weight excluding hydrogens is 394 g/mol. The number of aryl methyl sites for hydroxylation is 2. The topological polar surface area (TPSA) is 65.6 Å². The lowest BCUT2D eigenvalue weighted by molar-refractivity contribution is 0.745. The van der Waals surface area contributed by atoms with Gasteiger partial charge in [-0.15, -0.1) is 5.10 Å². The van der Waals surface area contributed by atoms with Crippen LogP contribution in [0, 0.1) is 13.8 Å². The maximum atomic E-state index is 12.8. The van der Waals surface area contributed by atoms with Crippen LogP contribution in [0.4, 0.5) is 0 Å². The van der Waals surface area contributed by atoms with Crippen molar-refractivity contribution in [2.45, 2.75) is 20.4 Å². The molecule has 0 amide bonds. The Bertz CT molecular complexity index is 1160. The van der Waals surface area contributed by atoms with Crippen molar-refractivity contribution in [3.8, 4) is 5.69 Å². The standard InChI is InChI=1S/C19H16BrN5O/c1-12-3-8-16(9-13(12)2)25-18-17(22-23-25)19(26)24(11-21-18)10-14-4-6-15(20)7-5-14/h3-9,11H,10H2,1-2H3. The Kier molecular flexibility index (Phi) is 4.16. The molecule has 2 aromatic heterocycles. The van der Waals surface area contributed by atoms with Crippen LogP contribution in [0.15, 0.2) is 58.1 Å². The van der Waals surface area contributed by atoms with Crippen LogP contribution in [0.1, 0.15) is 16.7 Å². The van der Waals surface area contributed by atoms with Gasteiger partial charge >= 0.3 is 0 Å². The summed E-state index contributed by atoms with van der Waals surface area (Å²) in [7, 11) is 0. The van der Waals surface area contributed by atoms with E-state index < -0.39 is 0 Å². The summed E-state index contributed by atoms with van der Waals surface area (Å²) >= 11 is 3.41. The van der Waals surface area contributed by atoms with Gasteiger partial charge in [-0.1, -0.05) is 39.3 Å². The van der Waals surface area contributed by atoms with E-state index in [1.165, 1.54) is 5.56 Å². The highest BCUT2D eigenvalue weighted by Crippen LogP contribution is 2.16. The molecule has 0 bridgehead atoms. The maximum absolute atomic E-state index is 12.8. The third kappa shape index (κ3) is 2.94. The van der Waals surface area contributed by atoms with Gasteiger partial charge in [0, 0.05) is 4.47 Å². The van der Waals surface area contributed by atoms with Crippen molar-refractivity contribution in [2.75, 3.05) is 0 Å². The fourth-order valence-electron chi connectivity index (χ4n) is 2.77. The predicted molar refractivity (Wildman–Crippen MR) is 104 cm³/mol. The van der Waals surface area contributed by atoms with Crippen molar-refractivity contribution in [2.24, 2.45) is 0 Å². The molecule has 0 atom stereocenters. The van der Waals surface area contributed by atoms with Crippen molar-refractivity contribution in [1.82, 2.24) is 24.5 Å². The predicted octanol–water partition coefficient (Wildman–Crippen LogP) is 3.40. The molecule has 0 N–H and O–H groups in total. The van der Waals surface area contributed by atoms with E-state index in [1.54, 1.807) is 15.6 Å². The van der Waals surface area contributed by atoms with Crippen molar-refractivity contribution in [3.63, 3.8) is 0 Å². The van der Waals surface area contributed by atoms with Gasteiger partial charge < -0.3 is 0 Å². The molecule has 130 valence electrons. The summed E-state index contributed by atoms with van der Waals surface area (Å²) in [5.74, 6) is 0. The second-order valence-corrected chi connectivity index (χ2v) is 7.16. The van der Waals surface area contributed by atoms with E-state index in [0.717, 1.165) is 21.3 Å². The third-order valence-electron chi connectivity index (χ3n) is 4.43. The number of aromatic nitrogens is 5. The van der Waals surface area contributed by atoms with Gasteiger partial charge in [0.25, 0.3) is 5.56 Å². The van der Waals surface area contributed by atoms with E-state index in [2.05, 4.69) is 38.1 Å². The van der Waals surface area contributed by atoms with Crippen LogP contribution in [0.3, 0.4) is 0 Å². The Morgan fingerprint density at radius 3 is 2.54 bits per heavy atom. The normalized spacial score (nSPS) is 11.2. The van der Waals surface area contributed by atoms with Gasteiger partial charge in [0.05, 0.1) is 12.2 Å². The van der Waals surface area contributed by atoms with Gasteiger partial charge in [-0.2, -0.15) is 4.68 Å². The van der Waals surface area contributed by atoms with Gasteiger partial charge in [-0.3, -0.25) is 9.36 Å². The van der Waals surface area contributed by atoms with Gasteiger partial charge in [-0.05, 0) is 54.8 Å². The second-order valence-electron chi connectivity index (χ2n) is 6.25. The summed E-state index contributed by atoms with van der Waals surface area (Å²) < 4.78 is 4.15. The molecule has 4 rings (SSSR count). The molecule has 0 unspecified atom stereocenters. The average molecular weight is 410 g/mol. The molecule has 6 nitrogen and oxygen atoms in total. The molecule has 0 spiro atoms. The van der Waals surface area contributed by atoms with E-state index in [0.29, 0.717) is 12.2 Å². The molecule has 2 heterocycles. The number of rotatable bonds is 3. The minimum absolute atomic E-state index is 0.201. The number of halogens is 1. The van der Waals surface area contributed by atoms with Gasteiger partial charge in [-0.25, -0.2) is 4.98 Å². The lowest BCUT2D eigenvalue weighted by Crippen LogP contribution is -2.21. The SMILES string of the molecule is Cc1ccc(-n2nnc3c(=O)n(Cc4ccc(Br)cc4)cnc32)cc1C. The van der Waals surface area contributed by atoms with E-state index >= 15 is 0 Å². The zero-order chi connectivity index (χ0) is 18.3. The van der Waals surface area contributed by atoms with Gasteiger partial charge in [0.1, 0.15) is 6.33 Å². The Morgan fingerprint density at radius 1 is 1.04 bits per heavy atom. The molecule has 7 heteroatoms. The molecule has 2 aromatic carbocycles. The molecule has 26 heavy (non-hydrogen) atoms. The van der Waals surface area contributed by atoms with Crippen molar-refractivity contribution in [3.05, 3.63) is 80.3 Å². The minimum atomic E-state index is -0.201. The van der Waals surface area contributed by atoms with Crippen LogP contribution in [0.2, 0.25) is 0 Å². The van der Waals surface area contributed by atoms with Crippen molar-refractivity contribution >= 4 is 27.1 Å². The molecule has 4 aromatic rings. The lowest BCUT2D eigenvalue weighted by Gasteiger charge is -2.07. The third-order valence-corrected chi connectivity index (χ3v) is 4.96. The summed E-state index contributed by atoms with van der Waals surface area (Å²) in [4.78, 5) is 17.2. The maximum Gasteiger partial charge on any atom is 0.283 e. The highest BCUT2D eigenvalue weighted by molar-refractivity contribution is 9.10. The average Bonchev–Trinajstić information content (AvgIpc) is 3.06. The quantitative estimate of drug-likeness (QED) is 0.519. The first-order valence-electron chi connectivity index (χ1n) is 8.16. The molecular formula is C19H16BrN5O. The number of hydrogen-bond acceptors (Lipinski definition) is 4. The fourth-order valence-corrected chi connectivity index (χ4v) is 3.04. The van der Waals surface area contributed by atoms with Crippen molar-refractivity contribution in [1.29, 1.82) is 0 Å². The Hall–Kier alpha value is -2.80. The second kappa shape index (κ2) is 6.49. The first-order chi connectivity index (χ1) is 12.5. The molecule has 0 aliphatic rings. The highest BCUT2D eigenvalue weighted by Gasteiger charge is 2.14. The number of nitrogens with zero attached hydrogens (tertiary/aromatic N) is 5. The van der Waals surface area contributed by atoms with E-state index in [4.69, 9.17) is 0 Å². The molecule has 0 fully saturated rings. The van der Waals surface area contributed by atoms with Gasteiger partial charge in [0.2, 0.25) is 0 Å². The van der Waals surface area contributed by atoms with E-state index in [9.17, 15) is 4.79 Å². The monoisotopic (exact) mass is 409 g/mol. The summed E-state index contributed by atoms with van der Waals surface area (Å²) in [6.07, 6.45) is 1.55. The fraction of sp³-hybridized carbons (Fsp3) is 0.158. The van der Waals surface area contributed by atoms with E-state index in [1.807, 2.05) is 49.4 Å². The summed E-state index contributed by atoms with van der Waals surface area (Å²) in [5.41, 5.74) is 4.73. The van der Waals surface area contributed by atoms with Crippen LogP contribution in [-0.4, -0.2) is 24.5 Å². The number of fused-ring (bicyclic) bond motifs is 1.